The Morgan fingerprint density at radius 3 is 2.67 bits per heavy atom. The molecule has 0 aliphatic rings. The number of nitrogens with zero attached hydrogens (tertiary/aromatic N) is 1. The van der Waals surface area contributed by atoms with Crippen molar-refractivity contribution in [1.29, 1.82) is 0 Å². The second kappa shape index (κ2) is 7.07. The van der Waals surface area contributed by atoms with Crippen LogP contribution in [0, 0.1) is 0 Å². The van der Waals surface area contributed by atoms with E-state index in [4.69, 9.17) is 11.6 Å². The highest BCUT2D eigenvalue weighted by Crippen LogP contribution is 2.26. The lowest BCUT2D eigenvalue weighted by Crippen LogP contribution is -2.14. The highest BCUT2D eigenvalue weighted by Gasteiger charge is 2.12. The largest absolute Gasteiger partial charge is 0.322 e. The fourth-order valence-corrected chi connectivity index (χ4v) is 2.57. The van der Waals surface area contributed by atoms with Gasteiger partial charge in [-0.05, 0) is 59.9 Å². The first-order chi connectivity index (χ1) is 9.97. The maximum atomic E-state index is 12.3. The van der Waals surface area contributed by atoms with Crippen LogP contribution in [-0.4, -0.2) is 24.9 Å². The third kappa shape index (κ3) is 4.30. The molecule has 21 heavy (non-hydrogen) atoms. The highest BCUT2D eigenvalue weighted by atomic mass is 79.9. The summed E-state index contributed by atoms with van der Waals surface area (Å²) in [7, 11) is 4.01. The fourth-order valence-electron chi connectivity index (χ4n) is 1.99. The normalized spacial score (nSPS) is 10.7. The van der Waals surface area contributed by atoms with Crippen molar-refractivity contribution in [3.63, 3.8) is 0 Å². The first kappa shape index (κ1) is 16.0. The van der Waals surface area contributed by atoms with Gasteiger partial charge in [0, 0.05) is 16.7 Å². The molecule has 0 aliphatic carbocycles. The zero-order valence-corrected chi connectivity index (χ0v) is 14.2. The monoisotopic (exact) mass is 366 g/mol. The molecule has 2 rings (SSSR count). The summed E-state index contributed by atoms with van der Waals surface area (Å²) in [5.41, 5.74) is 2.34. The SMILES string of the molecule is CN(C)Cc1cccc(NC(=O)c2cccc(Br)c2Cl)c1. The summed E-state index contributed by atoms with van der Waals surface area (Å²) in [5, 5.41) is 3.29. The molecule has 1 N–H and O–H groups in total. The Kier molecular flexibility index (Phi) is 5.39. The van der Waals surface area contributed by atoms with Crippen molar-refractivity contribution in [3.05, 3.63) is 63.1 Å². The van der Waals surface area contributed by atoms with Crippen LogP contribution in [0.1, 0.15) is 15.9 Å². The molecule has 0 atom stereocenters. The van der Waals surface area contributed by atoms with E-state index < -0.39 is 0 Å². The molecular formula is C16H16BrClN2O. The van der Waals surface area contributed by atoms with Crippen LogP contribution in [0.25, 0.3) is 0 Å². The molecular weight excluding hydrogens is 352 g/mol. The second-order valence-corrected chi connectivity index (χ2v) is 6.23. The number of hydrogen-bond acceptors (Lipinski definition) is 2. The number of carbonyl (C=O) groups excluding carboxylic acids is 1. The van der Waals surface area contributed by atoms with Gasteiger partial charge in [-0.1, -0.05) is 29.8 Å². The van der Waals surface area contributed by atoms with Crippen molar-refractivity contribution < 1.29 is 4.79 Å². The zero-order valence-electron chi connectivity index (χ0n) is 11.9. The van der Waals surface area contributed by atoms with Gasteiger partial charge in [-0.15, -0.1) is 0 Å². The molecule has 0 saturated carbocycles. The van der Waals surface area contributed by atoms with E-state index in [0.29, 0.717) is 15.1 Å². The van der Waals surface area contributed by atoms with Gasteiger partial charge in [0.05, 0.1) is 10.6 Å². The quantitative estimate of drug-likeness (QED) is 0.868. The molecule has 5 heteroatoms. The van der Waals surface area contributed by atoms with E-state index >= 15 is 0 Å². The van der Waals surface area contributed by atoms with Crippen LogP contribution in [0.4, 0.5) is 5.69 Å². The van der Waals surface area contributed by atoms with Crippen molar-refractivity contribution in [3.8, 4) is 0 Å². The van der Waals surface area contributed by atoms with E-state index in [1.807, 2.05) is 38.4 Å². The maximum absolute atomic E-state index is 12.3. The topological polar surface area (TPSA) is 32.3 Å². The standard InChI is InChI=1S/C16H16BrClN2O/c1-20(2)10-11-5-3-6-12(9-11)19-16(21)13-7-4-8-14(17)15(13)18/h3-9H,10H2,1-2H3,(H,19,21). The number of rotatable bonds is 4. The Morgan fingerprint density at radius 2 is 1.95 bits per heavy atom. The Bertz CT molecular complexity index is 658. The Balaban J connectivity index is 2.18. The molecule has 0 spiro atoms. The van der Waals surface area contributed by atoms with E-state index in [1.54, 1.807) is 18.2 Å². The summed E-state index contributed by atoms with van der Waals surface area (Å²) in [6.07, 6.45) is 0. The van der Waals surface area contributed by atoms with Crippen LogP contribution < -0.4 is 5.32 Å². The lowest BCUT2D eigenvalue weighted by molar-refractivity contribution is 0.102. The molecule has 3 nitrogen and oxygen atoms in total. The second-order valence-electron chi connectivity index (χ2n) is 4.99. The van der Waals surface area contributed by atoms with Gasteiger partial charge in [0.15, 0.2) is 0 Å². The minimum Gasteiger partial charge on any atom is -0.322 e. The molecule has 110 valence electrons. The van der Waals surface area contributed by atoms with Crippen LogP contribution in [0.15, 0.2) is 46.9 Å². The lowest BCUT2D eigenvalue weighted by atomic mass is 10.1. The molecule has 0 saturated heterocycles. The van der Waals surface area contributed by atoms with Gasteiger partial charge in [-0.2, -0.15) is 0 Å². The number of halogens is 2. The molecule has 0 heterocycles. The molecule has 0 fully saturated rings. The average Bonchev–Trinajstić information content (AvgIpc) is 2.41. The third-order valence-corrected chi connectivity index (χ3v) is 4.18. The van der Waals surface area contributed by atoms with Gasteiger partial charge < -0.3 is 10.2 Å². The van der Waals surface area contributed by atoms with Crippen molar-refractivity contribution in [2.45, 2.75) is 6.54 Å². The van der Waals surface area contributed by atoms with Crippen molar-refractivity contribution in [2.24, 2.45) is 0 Å². The molecule has 0 unspecified atom stereocenters. The fraction of sp³-hybridized carbons (Fsp3) is 0.188. The van der Waals surface area contributed by atoms with Crippen molar-refractivity contribution >= 4 is 39.1 Å². The summed E-state index contributed by atoms with van der Waals surface area (Å²) >= 11 is 9.46. The van der Waals surface area contributed by atoms with Crippen LogP contribution in [-0.2, 0) is 6.54 Å². The van der Waals surface area contributed by atoms with Crippen molar-refractivity contribution in [1.82, 2.24) is 4.90 Å². The minimum absolute atomic E-state index is 0.219. The summed E-state index contributed by atoms with van der Waals surface area (Å²) in [6.45, 7) is 0.821. The number of anilines is 1. The summed E-state index contributed by atoms with van der Waals surface area (Å²) in [6, 6.07) is 13.1. The van der Waals surface area contributed by atoms with Gasteiger partial charge in [-0.25, -0.2) is 0 Å². The Hall–Kier alpha value is -1.36. The van der Waals surface area contributed by atoms with Gasteiger partial charge in [0.1, 0.15) is 0 Å². The molecule has 2 aromatic carbocycles. The Morgan fingerprint density at radius 1 is 1.24 bits per heavy atom. The van der Waals surface area contributed by atoms with Gasteiger partial charge in [0.25, 0.3) is 5.91 Å². The first-order valence-corrected chi connectivity index (χ1v) is 7.63. The van der Waals surface area contributed by atoms with E-state index in [0.717, 1.165) is 17.8 Å². The van der Waals surface area contributed by atoms with E-state index in [9.17, 15) is 4.79 Å². The smallest absolute Gasteiger partial charge is 0.257 e. The van der Waals surface area contributed by atoms with Gasteiger partial charge in [0.2, 0.25) is 0 Å². The number of nitrogens with one attached hydrogen (secondary N) is 1. The third-order valence-electron chi connectivity index (χ3n) is 2.88. The average molecular weight is 368 g/mol. The number of benzene rings is 2. The number of hydrogen-bond donors (Lipinski definition) is 1. The highest BCUT2D eigenvalue weighted by molar-refractivity contribution is 9.10. The minimum atomic E-state index is -0.219. The van der Waals surface area contributed by atoms with Crippen molar-refractivity contribution in [2.75, 3.05) is 19.4 Å². The molecule has 0 aromatic heterocycles. The van der Waals surface area contributed by atoms with Gasteiger partial charge >= 0.3 is 0 Å². The molecule has 2 aromatic rings. The van der Waals surface area contributed by atoms with Crippen LogP contribution in [0.3, 0.4) is 0 Å². The van der Waals surface area contributed by atoms with Crippen LogP contribution in [0.2, 0.25) is 5.02 Å². The number of carbonyl (C=O) groups is 1. The van der Waals surface area contributed by atoms with E-state index in [1.165, 1.54) is 0 Å². The molecule has 0 radical (unpaired) electrons. The molecule has 0 aliphatic heterocycles. The lowest BCUT2D eigenvalue weighted by Gasteiger charge is -2.12. The van der Waals surface area contributed by atoms with Crippen LogP contribution >= 0.6 is 27.5 Å². The predicted molar refractivity (Wildman–Crippen MR) is 90.9 cm³/mol. The van der Waals surface area contributed by atoms with Crippen LogP contribution in [0.5, 0.6) is 0 Å². The number of amides is 1. The summed E-state index contributed by atoms with van der Waals surface area (Å²) < 4.78 is 0.707. The molecule has 0 bridgehead atoms. The van der Waals surface area contributed by atoms with Gasteiger partial charge in [-0.3, -0.25) is 4.79 Å². The molecule has 1 amide bonds. The summed E-state index contributed by atoms with van der Waals surface area (Å²) in [5.74, 6) is -0.219. The van der Waals surface area contributed by atoms with E-state index in [2.05, 4.69) is 26.1 Å². The van der Waals surface area contributed by atoms with E-state index in [-0.39, 0.29) is 5.91 Å². The zero-order chi connectivity index (χ0) is 15.4. The Labute approximate surface area is 138 Å². The summed E-state index contributed by atoms with van der Waals surface area (Å²) in [4.78, 5) is 14.4. The predicted octanol–water partition coefficient (Wildman–Crippen LogP) is 4.42. The first-order valence-electron chi connectivity index (χ1n) is 6.46. The maximum Gasteiger partial charge on any atom is 0.257 e.